The van der Waals surface area contributed by atoms with Crippen molar-refractivity contribution in [3.8, 4) is 0 Å². The molecule has 4 nitrogen and oxygen atoms in total. The van der Waals surface area contributed by atoms with Crippen LogP contribution in [0.3, 0.4) is 0 Å². The fraction of sp³-hybridized carbons (Fsp3) is 0.533. The van der Waals surface area contributed by atoms with Crippen LogP contribution in [0.15, 0.2) is 22.7 Å². The second kappa shape index (κ2) is 6.99. The quantitative estimate of drug-likeness (QED) is 0.803. The first-order valence-electron chi connectivity index (χ1n) is 7.05. The first kappa shape index (κ1) is 16.6. The predicted octanol–water partition coefficient (Wildman–Crippen LogP) is 4.32. The van der Waals surface area contributed by atoms with Crippen molar-refractivity contribution in [3.63, 3.8) is 0 Å². The minimum absolute atomic E-state index is 0.0110. The van der Waals surface area contributed by atoms with E-state index in [1.807, 2.05) is 0 Å². The van der Waals surface area contributed by atoms with Crippen LogP contribution in [0, 0.1) is 0 Å². The molecule has 2 unspecified atom stereocenters. The maximum atomic E-state index is 11.8. The van der Waals surface area contributed by atoms with Crippen LogP contribution in [0.2, 0.25) is 5.02 Å². The average molecular weight is 377 g/mol. The molecule has 1 aliphatic heterocycles. The molecule has 1 aromatic carbocycles. The third-order valence-electron chi connectivity index (χ3n) is 3.78. The van der Waals surface area contributed by atoms with Crippen LogP contribution in [0.25, 0.3) is 0 Å². The summed E-state index contributed by atoms with van der Waals surface area (Å²) in [4.78, 5) is 11.8. The van der Waals surface area contributed by atoms with Gasteiger partial charge in [-0.2, -0.15) is 0 Å². The molecule has 2 N–H and O–H groups in total. The van der Waals surface area contributed by atoms with Gasteiger partial charge in [-0.1, -0.05) is 24.9 Å². The Balaban J connectivity index is 2.21. The summed E-state index contributed by atoms with van der Waals surface area (Å²) >= 11 is 9.33. The zero-order chi connectivity index (χ0) is 15.5. The molecule has 0 spiro atoms. The number of ether oxygens (including phenoxy) is 1. The van der Waals surface area contributed by atoms with Crippen molar-refractivity contribution in [2.75, 3.05) is 11.9 Å². The largest absolute Gasteiger partial charge is 0.480 e. The number of rotatable bonds is 5. The Morgan fingerprint density at radius 2 is 2.38 bits per heavy atom. The molecule has 1 aliphatic rings. The van der Waals surface area contributed by atoms with E-state index in [2.05, 4.69) is 28.2 Å². The van der Waals surface area contributed by atoms with E-state index in [4.69, 9.17) is 16.3 Å². The maximum absolute atomic E-state index is 11.8. The van der Waals surface area contributed by atoms with Crippen LogP contribution in [0.5, 0.6) is 0 Å². The highest BCUT2D eigenvalue weighted by molar-refractivity contribution is 9.10. The third kappa shape index (κ3) is 3.90. The lowest BCUT2D eigenvalue weighted by Gasteiger charge is -2.39. The fourth-order valence-electron chi connectivity index (χ4n) is 2.67. The molecule has 0 aliphatic carbocycles. The summed E-state index contributed by atoms with van der Waals surface area (Å²) in [7, 11) is 0. The molecule has 1 heterocycles. The molecule has 0 radical (unpaired) electrons. The highest BCUT2D eigenvalue weighted by Crippen LogP contribution is 2.33. The molecule has 0 aromatic heterocycles. The summed E-state index contributed by atoms with van der Waals surface area (Å²) in [6.07, 6.45) is 2.76. The van der Waals surface area contributed by atoms with Crippen LogP contribution in [0.4, 0.5) is 5.69 Å². The molecule has 1 aromatic rings. The second-order valence-electron chi connectivity index (χ2n) is 5.38. The first-order chi connectivity index (χ1) is 9.97. The molecule has 21 heavy (non-hydrogen) atoms. The standard InChI is InChI=1S/C15H19BrClNO3/c1-2-3-11-9-15(14(19)20,6-7-21-11)18-10-4-5-13(17)12(16)8-10/h4-5,8,11,18H,2-3,6-7,9H2,1H3,(H,19,20). The number of benzene rings is 1. The van der Waals surface area contributed by atoms with Gasteiger partial charge in [0.2, 0.25) is 0 Å². The molecule has 0 saturated carbocycles. The molecule has 6 heteroatoms. The van der Waals surface area contributed by atoms with Crippen LogP contribution < -0.4 is 5.32 Å². The zero-order valence-corrected chi connectivity index (χ0v) is 14.2. The summed E-state index contributed by atoms with van der Waals surface area (Å²) in [5.74, 6) is -0.835. The van der Waals surface area contributed by atoms with E-state index in [1.165, 1.54) is 0 Å². The van der Waals surface area contributed by atoms with E-state index in [0.29, 0.717) is 24.5 Å². The summed E-state index contributed by atoms with van der Waals surface area (Å²) in [5, 5.41) is 13.5. The predicted molar refractivity (Wildman–Crippen MR) is 87.0 cm³/mol. The molecule has 116 valence electrons. The van der Waals surface area contributed by atoms with Gasteiger partial charge in [-0.15, -0.1) is 0 Å². The van der Waals surface area contributed by atoms with Gasteiger partial charge in [0.25, 0.3) is 0 Å². The van der Waals surface area contributed by atoms with Gasteiger partial charge in [-0.3, -0.25) is 0 Å². The Hall–Kier alpha value is -0.780. The fourth-order valence-corrected chi connectivity index (χ4v) is 3.16. The molecular weight excluding hydrogens is 358 g/mol. The monoisotopic (exact) mass is 375 g/mol. The van der Waals surface area contributed by atoms with E-state index >= 15 is 0 Å². The van der Waals surface area contributed by atoms with Gasteiger partial charge in [-0.05, 0) is 40.5 Å². The molecule has 1 fully saturated rings. The summed E-state index contributed by atoms with van der Waals surface area (Å²) in [5.41, 5.74) is -0.239. The molecule has 2 rings (SSSR count). The number of halogens is 2. The van der Waals surface area contributed by atoms with Crippen LogP contribution in [-0.4, -0.2) is 29.3 Å². The summed E-state index contributed by atoms with van der Waals surface area (Å²) in [6, 6.07) is 5.34. The molecule has 1 saturated heterocycles. The van der Waals surface area contributed by atoms with Gasteiger partial charge in [0.1, 0.15) is 5.54 Å². The Morgan fingerprint density at radius 1 is 1.62 bits per heavy atom. The first-order valence-corrected chi connectivity index (χ1v) is 8.22. The van der Waals surface area contributed by atoms with E-state index in [9.17, 15) is 9.90 Å². The Kier molecular flexibility index (Phi) is 5.52. The highest BCUT2D eigenvalue weighted by Gasteiger charge is 2.43. The van der Waals surface area contributed by atoms with Gasteiger partial charge in [0, 0.05) is 29.6 Å². The maximum Gasteiger partial charge on any atom is 0.329 e. The van der Waals surface area contributed by atoms with Crippen molar-refractivity contribution < 1.29 is 14.6 Å². The lowest BCUT2D eigenvalue weighted by atomic mass is 9.85. The number of hydrogen-bond donors (Lipinski definition) is 2. The van der Waals surface area contributed by atoms with Gasteiger partial charge in [0.05, 0.1) is 11.1 Å². The number of carboxylic acids is 1. The highest BCUT2D eigenvalue weighted by atomic mass is 79.9. The van der Waals surface area contributed by atoms with Crippen molar-refractivity contribution in [1.29, 1.82) is 0 Å². The molecular formula is C15H19BrClNO3. The molecule has 0 bridgehead atoms. The van der Waals surface area contributed by atoms with E-state index in [-0.39, 0.29) is 6.10 Å². The van der Waals surface area contributed by atoms with Crippen molar-refractivity contribution in [2.45, 2.75) is 44.2 Å². The number of nitrogens with one attached hydrogen (secondary N) is 1. The average Bonchev–Trinajstić information content (AvgIpc) is 2.43. The number of aliphatic carboxylic acids is 1. The summed E-state index contributed by atoms with van der Waals surface area (Å²) < 4.78 is 6.41. The second-order valence-corrected chi connectivity index (χ2v) is 6.64. The third-order valence-corrected chi connectivity index (χ3v) is 5.00. The lowest BCUT2D eigenvalue weighted by molar-refractivity contribution is -0.148. The van der Waals surface area contributed by atoms with Crippen molar-refractivity contribution in [1.82, 2.24) is 0 Å². The van der Waals surface area contributed by atoms with Crippen molar-refractivity contribution in [3.05, 3.63) is 27.7 Å². The number of anilines is 1. The van der Waals surface area contributed by atoms with Gasteiger partial charge in [0.15, 0.2) is 0 Å². The van der Waals surface area contributed by atoms with Crippen LogP contribution >= 0.6 is 27.5 Å². The minimum atomic E-state index is -0.981. The Bertz CT molecular complexity index is 524. The van der Waals surface area contributed by atoms with Crippen molar-refractivity contribution >= 4 is 39.2 Å². The van der Waals surface area contributed by atoms with Crippen molar-refractivity contribution in [2.24, 2.45) is 0 Å². The van der Waals surface area contributed by atoms with Gasteiger partial charge < -0.3 is 15.2 Å². The van der Waals surface area contributed by atoms with E-state index in [0.717, 1.165) is 23.0 Å². The molecule has 2 atom stereocenters. The SMILES string of the molecule is CCCC1CC(Nc2ccc(Cl)c(Br)c2)(C(=O)O)CCO1. The topological polar surface area (TPSA) is 58.6 Å². The number of carbonyl (C=O) groups is 1. The van der Waals surface area contributed by atoms with Crippen LogP contribution in [-0.2, 0) is 9.53 Å². The minimum Gasteiger partial charge on any atom is -0.480 e. The van der Waals surface area contributed by atoms with Gasteiger partial charge in [-0.25, -0.2) is 4.79 Å². The Morgan fingerprint density at radius 3 is 3.00 bits per heavy atom. The number of carboxylic acid groups (broad SMARTS) is 1. The normalized spacial score (nSPS) is 25.6. The van der Waals surface area contributed by atoms with Gasteiger partial charge >= 0.3 is 5.97 Å². The summed E-state index contributed by atoms with van der Waals surface area (Å²) in [6.45, 7) is 2.53. The van der Waals surface area contributed by atoms with E-state index < -0.39 is 11.5 Å². The smallest absolute Gasteiger partial charge is 0.329 e. The molecule has 0 amide bonds. The zero-order valence-electron chi connectivity index (χ0n) is 11.9. The van der Waals surface area contributed by atoms with E-state index in [1.54, 1.807) is 18.2 Å². The lowest BCUT2D eigenvalue weighted by Crippen LogP contribution is -2.53. The van der Waals surface area contributed by atoms with Crippen LogP contribution in [0.1, 0.15) is 32.6 Å². The number of hydrogen-bond acceptors (Lipinski definition) is 3. The Labute approximate surface area is 138 Å².